The largest absolute Gasteiger partial charge is 0.378 e. The lowest BCUT2D eigenvalue weighted by molar-refractivity contribution is -0.00511. The van der Waals surface area contributed by atoms with E-state index in [0.717, 1.165) is 19.4 Å². The Balaban J connectivity index is 2.45. The summed E-state index contributed by atoms with van der Waals surface area (Å²) in [6.07, 6.45) is 2.07. The number of hydrogen-bond acceptors (Lipinski definition) is 3. The summed E-state index contributed by atoms with van der Waals surface area (Å²) in [5, 5.41) is 0. The summed E-state index contributed by atoms with van der Waals surface area (Å²) in [4.78, 5) is 0. The van der Waals surface area contributed by atoms with Gasteiger partial charge < -0.3 is 16.2 Å². The van der Waals surface area contributed by atoms with Crippen LogP contribution in [0, 0.1) is 0 Å². The van der Waals surface area contributed by atoms with Gasteiger partial charge in [-0.25, -0.2) is 0 Å². The molecule has 1 rings (SSSR count). The fourth-order valence-corrected chi connectivity index (χ4v) is 1.38. The smallest absolute Gasteiger partial charge is 0.0565 e. The maximum absolute atomic E-state index is 5.94. The van der Waals surface area contributed by atoms with E-state index >= 15 is 0 Å². The summed E-state index contributed by atoms with van der Waals surface area (Å²) < 4.78 is 5.34. The molecule has 0 bridgehead atoms. The van der Waals surface area contributed by atoms with E-state index in [2.05, 4.69) is 0 Å². The summed E-state index contributed by atoms with van der Waals surface area (Å²) in [5.41, 5.74) is 11.3. The molecule has 2 atom stereocenters. The molecule has 1 heterocycles. The quantitative estimate of drug-likeness (QED) is 0.537. The Bertz CT molecular complexity index is 118. The molecule has 1 aliphatic rings. The minimum Gasteiger partial charge on any atom is -0.378 e. The van der Waals surface area contributed by atoms with E-state index in [1.807, 2.05) is 6.92 Å². The minimum absolute atomic E-state index is 0.155. The molecule has 0 aromatic carbocycles. The van der Waals surface area contributed by atoms with Gasteiger partial charge in [0.2, 0.25) is 0 Å². The van der Waals surface area contributed by atoms with Crippen LogP contribution in [0.15, 0.2) is 0 Å². The molecule has 10 heavy (non-hydrogen) atoms. The molecule has 2 unspecified atom stereocenters. The number of ether oxygens (including phenoxy) is 1. The Morgan fingerprint density at radius 2 is 2.40 bits per heavy atom. The summed E-state index contributed by atoms with van der Waals surface area (Å²) in [6, 6.07) is 0. The minimum atomic E-state index is -0.155. The van der Waals surface area contributed by atoms with Crippen LogP contribution < -0.4 is 11.5 Å². The molecular formula is C7H16N2O. The zero-order chi connectivity index (χ0) is 7.61. The average Bonchev–Trinajstić information content (AvgIpc) is 1.88. The van der Waals surface area contributed by atoms with Crippen LogP contribution in [0.25, 0.3) is 0 Å². The molecule has 4 N–H and O–H groups in total. The molecule has 0 aromatic heterocycles. The third kappa shape index (κ3) is 1.68. The molecule has 1 fully saturated rings. The van der Waals surface area contributed by atoms with Gasteiger partial charge in [-0.3, -0.25) is 0 Å². The maximum atomic E-state index is 5.94. The third-order valence-corrected chi connectivity index (χ3v) is 2.10. The van der Waals surface area contributed by atoms with E-state index in [0.29, 0.717) is 6.54 Å². The normalized spacial score (nSPS) is 41.7. The van der Waals surface area contributed by atoms with Crippen LogP contribution in [-0.2, 0) is 4.74 Å². The monoisotopic (exact) mass is 144 g/mol. The van der Waals surface area contributed by atoms with Gasteiger partial charge in [-0.2, -0.15) is 0 Å². The van der Waals surface area contributed by atoms with Crippen molar-refractivity contribution in [1.82, 2.24) is 0 Å². The van der Waals surface area contributed by atoms with Gasteiger partial charge in [0, 0.05) is 18.7 Å². The van der Waals surface area contributed by atoms with Crippen molar-refractivity contribution >= 4 is 0 Å². The second-order valence-corrected chi connectivity index (χ2v) is 3.20. The molecular weight excluding hydrogens is 128 g/mol. The van der Waals surface area contributed by atoms with Crippen molar-refractivity contribution < 1.29 is 4.74 Å². The van der Waals surface area contributed by atoms with Gasteiger partial charge in [-0.05, 0) is 19.8 Å². The maximum Gasteiger partial charge on any atom is 0.0565 e. The van der Waals surface area contributed by atoms with Crippen LogP contribution >= 0.6 is 0 Å². The molecule has 0 aromatic rings. The first-order valence-electron chi connectivity index (χ1n) is 3.77. The predicted octanol–water partition coefficient (Wildman–Crippen LogP) is -0.159. The Morgan fingerprint density at radius 3 is 2.80 bits per heavy atom. The Hall–Kier alpha value is -0.120. The van der Waals surface area contributed by atoms with Gasteiger partial charge in [0.25, 0.3) is 0 Å². The number of nitrogens with two attached hydrogens (primary N) is 2. The van der Waals surface area contributed by atoms with Crippen molar-refractivity contribution in [3.63, 3.8) is 0 Å². The molecule has 0 spiro atoms. The topological polar surface area (TPSA) is 61.3 Å². The molecule has 0 saturated carbocycles. The highest BCUT2D eigenvalue weighted by Crippen LogP contribution is 2.20. The van der Waals surface area contributed by atoms with E-state index in [-0.39, 0.29) is 11.6 Å². The van der Waals surface area contributed by atoms with E-state index in [9.17, 15) is 0 Å². The molecule has 0 amide bonds. The molecule has 0 aliphatic carbocycles. The highest BCUT2D eigenvalue weighted by Gasteiger charge is 2.29. The Morgan fingerprint density at radius 1 is 1.70 bits per heavy atom. The summed E-state index contributed by atoms with van der Waals surface area (Å²) in [7, 11) is 0. The molecule has 60 valence electrons. The fraction of sp³-hybridized carbons (Fsp3) is 1.00. The lowest BCUT2D eigenvalue weighted by Crippen LogP contribution is -2.52. The Kier molecular flexibility index (Phi) is 2.28. The lowest BCUT2D eigenvalue weighted by atomic mass is 9.88. The first-order valence-corrected chi connectivity index (χ1v) is 3.77. The third-order valence-electron chi connectivity index (χ3n) is 2.10. The van der Waals surface area contributed by atoms with Gasteiger partial charge in [0.05, 0.1) is 6.10 Å². The van der Waals surface area contributed by atoms with Crippen LogP contribution in [0.1, 0.15) is 19.8 Å². The first kappa shape index (κ1) is 7.98. The van der Waals surface area contributed by atoms with Crippen molar-refractivity contribution in [2.45, 2.75) is 31.4 Å². The average molecular weight is 144 g/mol. The van der Waals surface area contributed by atoms with E-state index in [1.165, 1.54) is 0 Å². The second-order valence-electron chi connectivity index (χ2n) is 3.20. The fourth-order valence-electron chi connectivity index (χ4n) is 1.38. The van der Waals surface area contributed by atoms with Gasteiger partial charge in [0.15, 0.2) is 0 Å². The summed E-state index contributed by atoms with van der Waals surface area (Å²) >= 11 is 0. The van der Waals surface area contributed by atoms with Crippen LogP contribution in [0.2, 0.25) is 0 Å². The number of rotatable bonds is 1. The lowest BCUT2D eigenvalue weighted by Gasteiger charge is -2.35. The highest BCUT2D eigenvalue weighted by atomic mass is 16.5. The predicted molar refractivity (Wildman–Crippen MR) is 40.6 cm³/mol. The summed E-state index contributed by atoms with van der Waals surface area (Å²) in [6.45, 7) is 3.37. The molecule has 1 saturated heterocycles. The summed E-state index contributed by atoms with van der Waals surface area (Å²) in [5.74, 6) is 0. The van der Waals surface area contributed by atoms with Gasteiger partial charge in [-0.1, -0.05) is 0 Å². The van der Waals surface area contributed by atoms with E-state index in [4.69, 9.17) is 16.2 Å². The molecule has 3 heteroatoms. The van der Waals surface area contributed by atoms with Crippen molar-refractivity contribution in [3.05, 3.63) is 0 Å². The van der Waals surface area contributed by atoms with Crippen molar-refractivity contribution in [2.75, 3.05) is 13.2 Å². The van der Waals surface area contributed by atoms with Crippen molar-refractivity contribution in [1.29, 1.82) is 0 Å². The molecule has 1 aliphatic heterocycles. The van der Waals surface area contributed by atoms with Gasteiger partial charge in [0.1, 0.15) is 0 Å². The van der Waals surface area contributed by atoms with Crippen molar-refractivity contribution in [3.8, 4) is 0 Å². The second kappa shape index (κ2) is 2.86. The van der Waals surface area contributed by atoms with Crippen LogP contribution in [0.3, 0.4) is 0 Å². The SMILES string of the molecule is CC1CC(N)(CN)CCO1. The van der Waals surface area contributed by atoms with E-state index < -0.39 is 0 Å². The zero-order valence-electron chi connectivity index (χ0n) is 6.47. The number of hydrogen-bond donors (Lipinski definition) is 2. The molecule has 3 nitrogen and oxygen atoms in total. The zero-order valence-corrected chi connectivity index (χ0v) is 6.47. The van der Waals surface area contributed by atoms with Crippen LogP contribution in [0.5, 0.6) is 0 Å². The standard InChI is InChI=1S/C7H16N2O/c1-6-4-7(9,5-8)2-3-10-6/h6H,2-5,8-9H2,1H3. The van der Waals surface area contributed by atoms with Crippen LogP contribution in [0.4, 0.5) is 0 Å². The van der Waals surface area contributed by atoms with Crippen molar-refractivity contribution in [2.24, 2.45) is 11.5 Å². The van der Waals surface area contributed by atoms with E-state index in [1.54, 1.807) is 0 Å². The molecule has 0 radical (unpaired) electrons. The highest BCUT2D eigenvalue weighted by molar-refractivity contribution is 4.89. The van der Waals surface area contributed by atoms with Gasteiger partial charge in [-0.15, -0.1) is 0 Å². The van der Waals surface area contributed by atoms with Crippen LogP contribution in [-0.4, -0.2) is 24.8 Å². The first-order chi connectivity index (χ1) is 4.66. The van der Waals surface area contributed by atoms with Gasteiger partial charge >= 0.3 is 0 Å². The Labute approximate surface area is 61.7 Å².